The summed E-state index contributed by atoms with van der Waals surface area (Å²) < 4.78 is 49.5. The third kappa shape index (κ3) is 2.02. The number of halogens is 4. The number of nitrogens with one attached hydrogen (secondary N) is 1. The van der Waals surface area contributed by atoms with Crippen molar-refractivity contribution in [3.8, 4) is 11.3 Å². The van der Waals surface area contributed by atoms with E-state index in [1.165, 1.54) is 6.20 Å². The number of hydrogen-bond acceptors (Lipinski definition) is 2. The normalized spacial score (nSPS) is 11.8. The maximum atomic E-state index is 12.8. The highest BCUT2D eigenvalue weighted by atomic mass is 19.4. The standard InChI is InChI=1S/C9H5F4N3/c10-6-1-5(3-14-4-6)7-2-8(16-15-7)9(11,12)13/h1-4H,(H,15,16). The van der Waals surface area contributed by atoms with Gasteiger partial charge in [-0.15, -0.1) is 0 Å². The summed E-state index contributed by atoms with van der Waals surface area (Å²) in [4.78, 5) is 3.52. The Morgan fingerprint density at radius 2 is 1.88 bits per heavy atom. The zero-order valence-corrected chi connectivity index (χ0v) is 7.72. The maximum Gasteiger partial charge on any atom is 0.432 e. The van der Waals surface area contributed by atoms with Gasteiger partial charge in [0.2, 0.25) is 0 Å². The first kappa shape index (κ1) is 10.6. The molecular formula is C9H5F4N3. The highest BCUT2D eigenvalue weighted by Crippen LogP contribution is 2.30. The number of hydrogen-bond donors (Lipinski definition) is 1. The van der Waals surface area contributed by atoms with Crippen LogP contribution in [-0.2, 0) is 6.18 Å². The van der Waals surface area contributed by atoms with E-state index in [0.717, 1.165) is 18.3 Å². The second kappa shape index (κ2) is 3.58. The van der Waals surface area contributed by atoms with Crippen LogP contribution >= 0.6 is 0 Å². The van der Waals surface area contributed by atoms with Gasteiger partial charge >= 0.3 is 6.18 Å². The first-order chi connectivity index (χ1) is 7.47. The highest BCUT2D eigenvalue weighted by molar-refractivity contribution is 5.57. The fourth-order valence-corrected chi connectivity index (χ4v) is 1.17. The molecule has 0 saturated carbocycles. The molecule has 0 aliphatic rings. The van der Waals surface area contributed by atoms with Crippen LogP contribution in [0, 0.1) is 5.82 Å². The van der Waals surface area contributed by atoms with E-state index < -0.39 is 17.7 Å². The van der Waals surface area contributed by atoms with Crippen molar-refractivity contribution in [1.82, 2.24) is 15.2 Å². The Morgan fingerprint density at radius 1 is 1.12 bits per heavy atom. The zero-order valence-electron chi connectivity index (χ0n) is 7.72. The van der Waals surface area contributed by atoms with Crippen molar-refractivity contribution < 1.29 is 17.6 Å². The maximum absolute atomic E-state index is 12.8. The van der Waals surface area contributed by atoms with Gasteiger partial charge in [-0.2, -0.15) is 18.3 Å². The average Bonchev–Trinajstić information content (AvgIpc) is 2.65. The molecule has 7 heteroatoms. The van der Waals surface area contributed by atoms with Gasteiger partial charge in [0, 0.05) is 11.8 Å². The number of aromatic amines is 1. The van der Waals surface area contributed by atoms with Crippen molar-refractivity contribution in [3.63, 3.8) is 0 Å². The van der Waals surface area contributed by atoms with E-state index in [9.17, 15) is 17.6 Å². The largest absolute Gasteiger partial charge is 0.432 e. The molecule has 0 spiro atoms. The summed E-state index contributed by atoms with van der Waals surface area (Å²) in [5.41, 5.74) is -0.794. The fraction of sp³-hybridized carbons (Fsp3) is 0.111. The SMILES string of the molecule is Fc1cncc(-c2cc(C(F)(F)F)[nH]n2)c1. The Hall–Kier alpha value is -1.92. The summed E-state index contributed by atoms with van der Waals surface area (Å²) in [5.74, 6) is -0.631. The second-order valence-corrected chi connectivity index (χ2v) is 3.06. The predicted molar refractivity (Wildman–Crippen MR) is 46.8 cm³/mol. The van der Waals surface area contributed by atoms with E-state index in [-0.39, 0.29) is 11.3 Å². The third-order valence-electron chi connectivity index (χ3n) is 1.88. The minimum absolute atomic E-state index is 0.000625. The molecule has 2 aromatic rings. The summed E-state index contributed by atoms with van der Waals surface area (Å²) in [5, 5.41) is 5.28. The molecule has 0 atom stereocenters. The second-order valence-electron chi connectivity index (χ2n) is 3.06. The number of H-pyrrole nitrogens is 1. The lowest BCUT2D eigenvalue weighted by molar-refractivity contribution is -0.141. The first-order valence-electron chi connectivity index (χ1n) is 4.20. The van der Waals surface area contributed by atoms with E-state index in [2.05, 4.69) is 10.1 Å². The molecule has 2 aromatic heterocycles. The monoisotopic (exact) mass is 231 g/mol. The van der Waals surface area contributed by atoms with Crippen molar-refractivity contribution in [2.45, 2.75) is 6.18 Å². The van der Waals surface area contributed by atoms with Crippen LogP contribution in [0.25, 0.3) is 11.3 Å². The van der Waals surface area contributed by atoms with Crippen molar-refractivity contribution in [2.75, 3.05) is 0 Å². The molecule has 84 valence electrons. The van der Waals surface area contributed by atoms with E-state index >= 15 is 0 Å². The van der Waals surface area contributed by atoms with E-state index in [1.54, 1.807) is 0 Å². The van der Waals surface area contributed by atoms with Crippen LogP contribution < -0.4 is 0 Å². The number of rotatable bonds is 1. The van der Waals surface area contributed by atoms with Crippen LogP contribution in [0.4, 0.5) is 17.6 Å². The molecule has 0 bridgehead atoms. The van der Waals surface area contributed by atoms with E-state index in [4.69, 9.17) is 0 Å². The summed E-state index contributed by atoms with van der Waals surface area (Å²) in [6, 6.07) is 1.86. The van der Waals surface area contributed by atoms with Crippen LogP contribution in [-0.4, -0.2) is 15.2 Å². The number of alkyl halides is 3. The van der Waals surface area contributed by atoms with Crippen LogP contribution in [0.1, 0.15) is 5.69 Å². The van der Waals surface area contributed by atoms with Gasteiger partial charge in [0.15, 0.2) is 0 Å². The van der Waals surface area contributed by atoms with Gasteiger partial charge in [0.1, 0.15) is 11.5 Å². The molecular weight excluding hydrogens is 226 g/mol. The Labute approximate surface area is 87.1 Å². The van der Waals surface area contributed by atoms with Gasteiger partial charge in [-0.05, 0) is 12.1 Å². The smallest absolute Gasteiger partial charge is 0.273 e. The van der Waals surface area contributed by atoms with Crippen molar-refractivity contribution >= 4 is 0 Å². The molecule has 0 fully saturated rings. The first-order valence-corrected chi connectivity index (χ1v) is 4.20. The van der Waals surface area contributed by atoms with Gasteiger partial charge < -0.3 is 0 Å². The Morgan fingerprint density at radius 3 is 2.44 bits per heavy atom. The van der Waals surface area contributed by atoms with Crippen LogP contribution in [0.5, 0.6) is 0 Å². The molecule has 1 N–H and O–H groups in total. The molecule has 16 heavy (non-hydrogen) atoms. The van der Waals surface area contributed by atoms with Crippen molar-refractivity contribution in [1.29, 1.82) is 0 Å². The average molecular weight is 231 g/mol. The van der Waals surface area contributed by atoms with Gasteiger partial charge in [-0.1, -0.05) is 0 Å². The predicted octanol–water partition coefficient (Wildman–Crippen LogP) is 2.63. The van der Waals surface area contributed by atoms with Crippen LogP contribution in [0.2, 0.25) is 0 Å². The minimum Gasteiger partial charge on any atom is -0.273 e. The quantitative estimate of drug-likeness (QED) is 0.766. The summed E-state index contributed by atoms with van der Waals surface area (Å²) >= 11 is 0. The molecule has 0 radical (unpaired) electrons. The van der Waals surface area contributed by atoms with Gasteiger partial charge in [-0.25, -0.2) is 4.39 Å². The Kier molecular flexibility index (Phi) is 2.37. The molecule has 0 aromatic carbocycles. The van der Waals surface area contributed by atoms with Crippen LogP contribution in [0.3, 0.4) is 0 Å². The molecule has 3 nitrogen and oxygen atoms in total. The van der Waals surface area contributed by atoms with Gasteiger partial charge in [-0.3, -0.25) is 10.1 Å². The Bertz CT molecular complexity index is 503. The summed E-state index contributed by atoms with van der Waals surface area (Å²) in [7, 11) is 0. The lowest BCUT2D eigenvalue weighted by atomic mass is 10.2. The molecule has 0 unspecified atom stereocenters. The summed E-state index contributed by atoms with van der Waals surface area (Å²) in [6.07, 6.45) is -2.30. The zero-order chi connectivity index (χ0) is 11.8. The van der Waals surface area contributed by atoms with Crippen LogP contribution in [0.15, 0.2) is 24.5 Å². The fourth-order valence-electron chi connectivity index (χ4n) is 1.17. The van der Waals surface area contributed by atoms with Gasteiger partial charge in [0.05, 0.1) is 11.9 Å². The lowest BCUT2D eigenvalue weighted by Gasteiger charge is -1.99. The Balaban J connectivity index is 2.39. The lowest BCUT2D eigenvalue weighted by Crippen LogP contribution is -2.04. The summed E-state index contributed by atoms with van der Waals surface area (Å²) in [6.45, 7) is 0. The molecule has 0 amide bonds. The number of aromatic nitrogens is 3. The highest BCUT2D eigenvalue weighted by Gasteiger charge is 2.33. The molecule has 2 rings (SSSR count). The molecule has 0 aliphatic heterocycles. The van der Waals surface area contributed by atoms with E-state index in [1.807, 2.05) is 5.10 Å². The molecule has 0 saturated heterocycles. The van der Waals surface area contributed by atoms with Crippen molar-refractivity contribution in [2.24, 2.45) is 0 Å². The minimum atomic E-state index is -4.49. The number of pyridine rings is 1. The van der Waals surface area contributed by atoms with Crippen molar-refractivity contribution in [3.05, 3.63) is 36.0 Å². The van der Waals surface area contributed by atoms with Gasteiger partial charge in [0.25, 0.3) is 0 Å². The molecule has 2 heterocycles. The topological polar surface area (TPSA) is 41.6 Å². The van der Waals surface area contributed by atoms with E-state index in [0.29, 0.717) is 0 Å². The third-order valence-corrected chi connectivity index (χ3v) is 1.88. The molecule has 0 aliphatic carbocycles. The number of nitrogens with zero attached hydrogens (tertiary/aromatic N) is 2.